The maximum atomic E-state index is 4.65. The lowest BCUT2D eigenvalue weighted by Gasteiger charge is -2.28. The molecule has 0 aliphatic heterocycles. The Hall–Kier alpha value is -1.85. The van der Waals surface area contributed by atoms with Crippen LogP contribution in [-0.4, -0.2) is 33.3 Å². The highest BCUT2D eigenvalue weighted by Gasteiger charge is 2.19. The van der Waals surface area contributed by atoms with Gasteiger partial charge in [-0.1, -0.05) is 25.8 Å². The Morgan fingerprint density at radius 3 is 2.91 bits per heavy atom. The zero-order chi connectivity index (χ0) is 15.9. The lowest BCUT2D eigenvalue weighted by molar-refractivity contribution is 0.324. The highest BCUT2D eigenvalue weighted by atomic mass is 15.3. The summed E-state index contributed by atoms with van der Waals surface area (Å²) in [5.41, 5.74) is 0. The van der Waals surface area contributed by atoms with E-state index in [1.807, 2.05) is 24.6 Å². The summed E-state index contributed by atoms with van der Waals surface area (Å²) in [6, 6.07) is 0.501. The van der Waals surface area contributed by atoms with Crippen molar-refractivity contribution in [2.24, 2.45) is 18.0 Å². The SMILES string of the molecule is C=CCNC(=NCc1nnc(C)n1C)NC1CCCC(C)C1. The Bertz CT molecular complexity index is 519. The van der Waals surface area contributed by atoms with E-state index in [-0.39, 0.29) is 0 Å². The highest BCUT2D eigenvalue weighted by Crippen LogP contribution is 2.23. The summed E-state index contributed by atoms with van der Waals surface area (Å²) >= 11 is 0. The second-order valence-corrected chi connectivity index (χ2v) is 6.17. The third-order valence-electron chi connectivity index (χ3n) is 4.25. The first-order valence-electron chi connectivity index (χ1n) is 8.10. The summed E-state index contributed by atoms with van der Waals surface area (Å²) in [5.74, 6) is 3.39. The Balaban J connectivity index is 1.99. The van der Waals surface area contributed by atoms with Crippen LogP contribution in [0.25, 0.3) is 0 Å². The Kier molecular flexibility index (Phi) is 5.98. The normalized spacial score (nSPS) is 22.4. The van der Waals surface area contributed by atoms with Crippen LogP contribution in [0.3, 0.4) is 0 Å². The van der Waals surface area contributed by atoms with E-state index in [1.165, 1.54) is 25.7 Å². The van der Waals surface area contributed by atoms with Gasteiger partial charge in [0.05, 0.1) is 0 Å². The molecule has 6 nitrogen and oxygen atoms in total. The third kappa shape index (κ3) is 4.58. The summed E-state index contributed by atoms with van der Waals surface area (Å²) in [6.07, 6.45) is 6.88. The molecule has 0 bridgehead atoms. The van der Waals surface area contributed by atoms with Crippen molar-refractivity contribution >= 4 is 5.96 Å². The van der Waals surface area contributed by atoms with E-state index >= 15 is 0 Å². The smallest absolute Gasteiger partial charge is 0.192 e. The van der Waals surface area contributed by atoms with Crippen molar-refractivity contribution < 1.29 is 0 Å². The molecule has 1 aromatic rings. The van der Waals surface area contributed by atoms with Gasteiger partial charge in [-0.3, -0.25) is 0 Å². The number of rotatable bonds is 5. The lowest BCUT2D eigenvalue weighted by Crippen LogP contribution is -2.45. The first-order valence-corrected chi connectivity index (χ1v) is 8.10. The van der Waals surface area contributed by atoms with Crippen molar-refractivity contribution in [1.82, 2.24) is 25.4 Å². The largest absolute Gasteiger partial charge is 0.354 e. The number of aromatic nitrogens is 3. The number of aliphatic imine (C=N–C) groups is 1. The maximum absolute atomic E-state index is 4.65. The van der Waals surface area contributed by atoms with Gasteiger partial charge in [0.15, 0.2) is 11.8 Å². The molecule has 2 atom stereocenters. The van der Waals surface area contributed by atoms with E-state index in [0.717, 1.165) is 23.5 Å². The van der Waals surface area contributed by atoms with Gasteiger partial charge < -0.3 is 15.2 Å². The molecule has 22 heavy (non-hydrogen) atoms. The van der Waals surface area contributed by atoms with Crippen LogP contribution in [0.4, 0.5) is 0 Å². The molecule has 1 fully saturated rings. The predicted molar refractivity (Wildman–Crippen MR) is 89.6 cm³/mol. The Morgan fingerprint density at radius 2 is 2.27 bits per heavy atom. The molecule has 2 rings (SSSR count). The topological polar surface area (TPSA) is 67.1 Å². The summed E-state index contributed by atoms with van der Waals surface area (Å²) < 4.78 is 1.97. The monoisotopic (exact) mass is 304 g/mol. The van der Waals surface area contributed by atoms with Crippen LogP contribution in [-0.2, 0) is 13.6 Å². The van der Waals surface area contributed by atoms with Crippen LogP contribution < -0.4 is 10.6 Å². The quantitative estimate of drug-likeness (QED) is 0.495. The molecule has 6 heteroatoms. The molecule has 2 N–H and O–H groups in total. The number of hydrogen-bond acceptors (Lipinski definition) is 3. The molecule has 1 saturated carbocycles. The fourth-order valence-corrected chi connectivity index (χ4v) is 2.82. The van der Waals surface area contributed by atoms with Gasteiger partial charge in [0.1, 0.15) is 12.4 Å². The molecule has 0 amide bonds. The van der Waals surface area contributed by atoms with Gasteiger partial charge in [0.25, 0.3) is 0 Å². The van der Waals surface area contributed by atoms with Gasteiger partial charge in [-0.05, 0) is 25.7 Å². The molecule has 122 valence electrons. The molecule has 0 aromatic carbocycles. The number of nitrogens with one attached hydrogen (secondary N) is 2. The zero-order valence-corrected chi connectivity index (χ0v) is 14.0. The van der Waals surface area contributed by atoms with E-state index in [2.05, 4.69) is 39.3 Å². The van der Waals surface area contributed by atoms with Gasteiger partial charge >= 0.3 is 0 Å². The van der Waals surface area contributed by atoms with Crippen molar-refractivity contribution in [2.75, 3.05) is 6.54 Å². The first-order chi connectivity index (χ1) is 10.6. The molecule has 1 heterocycles. The van der Waals surface area contributed by atoms with Crippen LogP contribution in [0.2, 0.25) is 0 Å². The molecule has 0 spiro atoms. The van der Waals surface area contributed by atoms with Crippen molar-refractivity contribution in [3.63, 3.8) is 0 Å². The van der Waals surface area contributed by atoms with Crippen molar-refractivity contribution in [3.8, 4) is 0 Å². The molecular weight excluding hydrogens is 276 g/mol. The molecular formula is C16H28N6. The number of hydrogen-bond donors (Lipinski definition) is 2. The number of nitrogens with zero attached hydrogens (tertiary/aromatic N) is 4. The predicted octanol–water partition coefficient (Wildman–Crippen LogP) is 1.92. The Morgan fingerprint density at radius 1 is 1.45 bits per heavy atom. The summed E-state index contributed by atoms with van der Waals surface area (Å²) in [6.45, 7) is 9.24. The lowest BCUT2D eigenvalue weighted by atomic mass is 9.87. The van der Waals surface area contributed by atoms with Crippen LogP contribution in [0.15, 0.2) is 17.6 Å². The second-order valence-electron chi connectivity index (χ2n) is 6.17. The van der Waals surface area contributed by atoms with E-state index < -0.39 is 0 Å². The average Bonchev–Trinajstić information content (AvgIpc) is 2.82. The fraction of sp³-hybridized carbons (Fsp3) is 0.688. The van der Waals surface area contributed by atoms with Gasteiger partial charge in [-0.25, -0.2) is 4.99 Å². The first kappa shape index (κ1) is 16.5. The van der Waals surface area contributed by atoms with Crippen LogP contribution >= 0.6 is 0 Å². The van der Waals surface area contributed by atoms with E-state index in [4.69, 9.17) is 0 Å². The molecule has 0 saturated heterocycles. The van der Waals surface area contributed by atoms with Gasteiger partial charge in [-0.2, -0.15) is 0 Å². The molecule has 1 aliphatic rings. The average molecular weight is 304 g/mol. The fourth-order valence-electron chi connectivity index (χ4n) is 2.82. The van der Waals surface area contributed by atoms with Gasteiger partial charge in [-0.15, -0.1) is 16.8 Å². The van der Waals surface area contributed by atoms with Crippen LogP contribution in [0, 0.1) is 12.8 Å². The summed E-state index contributed by atoms with van der Waals surface area (Å²) in [7, 11) is 1.97. The van der Waals surface area contributed by atoms with Crippen LogP contribution in [0.5, 0.6) is 0 Å². The summed E-state index contributed by atoms with van der Waals surface area (Å²) in [4.78, 5) is 4.65. The molecule has 1 aromatic heterocycles. The van der Waals surface area contributed by atoms with E-state index in [0.29, 0.717) is 19.1 Å². The van der Waals surface area contributed by atoms with Gasteiger partial charge in [0, 0.05) is 19.6 Å². The van der Waals surface area contributed by atoms with E-state index in [9.17, 15) is 0 Å². The number of aryl methyl sites for hydroxylation is 1. The van der Waals surface area contributed by atoms with Crippen molar-refractivity contribution in [3.05, 3.63) is 24.3 Å². The van der Waals surface area contributed by atoms with Crippen molar-refractivity contribution in [1.29, 1.82) is 0 Å². The minimum Gasteiger partial charge on any atom is -0.354 e. The minimum atomic E-state index is 0.501. The summed E-state index contributed by atoms with van der Waals surface area (Å²) in [5, 5.41) is 15.1. The minimum absolute atomic E-state index is 0.501. The Labute approximate surface area is 133 Å². The maximum Gasteiger partial charge on any atom is 0.192 e. The van der Waals surface area contributed by atoms with E-state index in [1.54, 1.807) is 0 Å². The second kappa shape index (κ2) is 7.96. The molecule has 0 radical (unpaired) electrons. The molecule has 1 aliphatic carbocycles. The third-order valence-corrected chi connectivity index (χ3v) is 4.25. The van der Waals surface area contributed by atoms with Crippen LogP contribution in [0.1, 0.15) is 44.3 Å². The van der Waals surface area contributed by atoms with Gasteiger partial charge in [0.2, 0.25) is 0 Å². The highest BCUT2D eigenvalue weighted by molar-refractivity contribution is 5.80. The number of guanidine groups is 1. The zero-order valence-electron chi connectivity index (χ0n) is 14.0. The molecule has 2 unspecified atom stereocenters. The standard InChI is InChI=1S/C16H28N6/c1-5-9-17-16(19-14-8-6-7-12(2)10-14)18-11-15-21-20-13(3)22(15)4/h5,12,14H,1,6-11H2,2-4H3,(H2,17,18,19). The van der Waals surface area contributed by atoms with Crippen molar-refractivity contribution in [2.45, 2.75) is 52.1 Å².